The van der Waals surface area contributed by atoms with Crippen LogP contribution in [0, 0.1) is 20.8 Å². The first-order valence-corrected chi connectivity index (χ1v) is 11.9. The molecule has 0 radical (unpaired) electrons. The van der Waals surface area contributed by atoms with Gasteiger partial charge in [0.15, 0.2) is 0 Å². The van der Waals surface area contributed by atoms with E-state index < -0.39 is 5.97 Å². The van der Waals surface area contributed by atoms with Crippen LogP contribution in [0.3, 0.4) is 0 Å². The third-order valence-corrected chi connectivity index (χ3v) is 6.70. The van der Waals surface area contributed by atoms with Crippen molar-refractivity contribution < 1.29 is 13.9 Å². The van der Waals surface area contributed by atoms with Gasteiger partial charge in [-0.1, -0.05) is 62.4 Å². The summed E-state index contributed by atoms with van der Waals surface area (Å²) >= 11 is 1.21. The molecule has 0 spiro atoms. The second-order valence-electron chi connectivity index (χ2n) is 9.43. The molecule has 0 aliphatic heterocycles. The normalized spacial score (nSPS) is 12.3. The van der Waals surface area contributed by atoms with Crippen molar-refractivity contribution in [2.45, 2.75) is 47.0 Å². The summed E-state index contributed by atoms with van der Waals surface area (Å²) in [6, 6.07) is 14.5. The molecule has 0 bridgehead atoms. The van der Waals surface area contributed by atoms with Gasteiger partial charge in [-0.2, -0.15) is 5.10 Å². The van der Waals surface area contributed by atoms with Crippen molar-refractivity contribution in [3.8, 4) is 11.3 Å². The fourth-order valence-corrected chi connectivity index (χ4v) is 4.71. The lowest BCUT2D eigenvalue weighted by Crippen LogP contribution is -2.11. The highest BCUT2D eigenvalue weighted by Crippen LogP contribution is 2.28. The average Bonchev–Trinajstić information content (AvgIpc) is 3.16. The van der Waals surface area contributed by atoms with Crippen LogP contribution in [0.15, 0.2) is 52.0 Å². The summed E-state index contributed by atoms with van der Waals surface area (Å²) in [5, 5.41) is 6.85. The lowest BCUT2D eigenvalue weighted by Gasteiger charge is -2.19. The Kier molecular flexibility index (Phi) is 6.32. The van der Waals surface area contributed by atoms with Crippen LogP contribution in [0.25, 0.3) is 22.3 Å². The Balaban J connectivity index is 1.83. The Morgan fingerprint density at radius 2 is 1.79 bits per heavy atom. The first kappa shape index (κ1) is 23.7. The number of benzene rings is 2. The molecule has 34 heavy (non-hydrogen) atoms. The Morgan fingerprint density at radius 1 is 1.09 bits per heavy atom. The van der Waals surface area contributed by atoms with Crippen molar-refractivity contribution in [2.75, 3.05) is 12.5 Å². The standard InChI is InChI=1S/C27H29N3O3S/c1-15-12-16(2)23-20(29-30-26-28-17(3)24(34-26)25(31)32-7)14-21(33-22(23)13-15)18-8-10-19(11-9-18)27(4,5)6/h8-14H,1-7H3,(H,28,30)/b29-20+. The number of methoxy groups -OCH3 is 1. The second kappa shape index (κ2) is 9.06. The van der Waals surface area contributed by atoms with Gasteiger partial charge in [-0.15, -0.1) is 0 Å². The predicted molar refractivity (Wildman–Crippen MR) is 137 cm³/mol. The number of carbonyl (C=O) groups is 1. The third kappa shape index (κ3) is 4.75. The maximum absolute atomic E-state index is 11.9. The molecule has 0 fully saturated rings. The van der Waals surface area contributed by atoms with Crippen LogP contribution < -0.4 is 10.8 Å². The van der Waals surface area contributed by atoms with Crippen molar-refractivity contribution in [1.29, 1.82) is 0 Å². The number of rotatable bonds is 4. The van der Waals surface area contributed by atoms with Gasteiger partial charge in [0.1, 0.15) is 16.2 Å². The lowest BCUT2D eigenvalue weighted by molar-refractivity contribution is 0.0605. The van der Waals surface area contributed by atoms with E-state index in [1.807, 2.05) is 19.1 Å². The highest BCUT2D eigenvalue weighted by Gasteiger charge is 2.16. The number of carbonyl (C=O) groups excluding carboxylic acids is 1. The third-order valence-electron chi connectivity index (χ3n) is 5.66. The molecule has 4 rings (SSSR count). The van der Waals surface area contributed by atoms with Gasteiger partial charge < -0.3 is 9.15 Å². The van der Waals surface area contributed by atoms with Crippen LogP contribution in [-0.2, 0) is 10.2 Å². The minimum Gasteiger partial charge on any atom is -0.465 e. The molecule has 0 saturated carbocycles. The molecule has 0 aliphatic rings. The van der Waals surface area contributed by atoms with Crippen molar-refractivity contribution in [1.82, 2.24) is 4.98 Å². The number of thiazole rings is 1. The molecule has 2 aromatic heterocycles. The van der Waals surface area contributed by atoms with E-state index in [1.165, 1.54) is 24.0 Å². The first-order chi connectivity index (χ1) is 16.1. The predicted octanol–water partition coefficient (Wildman–Crippen LogP) is 6.49. The molecule has 0 unspecified atom stereocenters. The quantitative estimate of drug-likeness (QED) is 0.269. The van der Waals surface area contributed by atoms with E-state index in [1.54, 1.807) is 6.92 Å². The highest BCUT2D eigenvalue weighted by molar-refractivity contribution is 7.17. The largest absolute Gasteiger partial charge is 0.465 e. The van der Waals surface area contributed by atoms with E-state index in [9.17, 15) is 4.79 Å². The SMILES string of the molecule is COC(=O)c1sc(N/N=c2\cc(-c3ccc(C(C)(C)C)cc3)oc3cc(C)cc(C)c23)nc1C. The van der Waals surface area contributed by atoms with Crippen molar-refractivity contribution in [3.63, 3.8) is 0 Å². The molecule has 4 aromatic rings. The molecule has 0 amide bonds. The number of nitrogens with one attached hydrogen (secondary N) is 1. The Morgan fingerprint density at radius 3 is 2.44 bits per heavy atom. The summed E-state index contributed by atoms with van der Waals surface area (Å²) in [5.41, 5.74) is 8.89. The van der Waals surface area contributed by atoms with Gasteiger partial charge in [-0.3, -0.25) is 5.43 Å². The number of ether oxygens (including phenoxy) is 1. The van der Waals surface area contributed by atoms with Crippen molar-refractivity contribution >= 4 is 33.4 Å². The van der Waals surface area contributed by atoms with Crippen LogP contribution in [-0.4, -0.2) is 18.1 Å². The summed E-state index contributed by atoms with van der Waals surface area (Å²) in [6.07, 6.45) is 0. The van der Waals surface area contributed by atoms with Gasteiger partial charge in [0.05, 0.1) is 18.2 Å². The number of hydrogen-bond acceptors (Lipinski definition) is 7. The van der Waals surface area contributed by atoms with E-state index in [2.05, 4.69) is 73.5 Å². The van der Waals surface area contributed by atoms with E-state index in [0.717, 1.165) is 38.8 Å². The molecule has 6 nitrogen and oxygen atoms in total. The smallest absolute Gasteiger partial charge is 0.350 e. The van der Waals surface area contributed by atoms with E-state index in [0.29, 0.717) is 15.7 Å². The minimum atomic E-state index is -0.403. The number of anilines is 1. The number of nitrogens with zero attached hydrogens (tertiary/aromatic N) is 2. The van der Waals surface area contributed by atoms with Crippen LogP contribution in [0.1, 0.15) is 52.8 Å². The van der Waals surface area contributed by atoms with Crippen LogP contribution in [0.5, 0.6) is 0 Å². The Bertz CT molecular complexity index is 1440. The zero-order valence-corrected chi connectivity index (χ0v) is 21.4. The van der Waals surface area contributed by atoms with Crippen molar-refractivity contribution in [3.05, 3.63) is 75.1 Å². The van der Waals surface area contributed by atoms with Gasteiger partial charge in [-0.05, 0) is 48.9 Å². The van der Waals surface area contributed by atoms with E-state index in [4.69, 9.17) is 9.15 Å². The molecule has 176 valence electrons. The summed E-state index contributed by atoms with van der Waals surface area (Å²) in [6.45, 7) is 12.5. The number of esters is 1. The highest BCUT2D eigenvalue weighted by atomic mass is 32.1. The number of aromatic nitrogens is 1. The molecule has 1 N–H and O–H groups in total. The Hall–Kier alpha value is -3.45. The summed E-state index contributed by atoms with van der Waals surface area (Å²) in [7, 11) is 1.36. The van der Waals surface area contributed by atoms with E-state index in [-0.39, 0.29) is 5.41 Å². The fourth-order valence-electron chi connectivity index (χ4n) is 3.88. The summed E-state index contributed by atoms with van der Waals surface area (Å²) in [5.74, 6) is 0.323. The zero-order chi connectivity index (χ0) is 24.6. The van der Waals surface area contributed by atoms with Crippen LogP contribution >= 0.6 is 11.3 Å². The minimum absolute atomic E-state index is 0.0760. The molecular weight excluding hydrogens is 446 g/mol. The van der Waals surface area contributed by atoms with Gasteiger partial charge in [-0.25, -0.2) is 9.78 Å². The van der Waals surface area contributed by atoms with Gasteiger partial charge >= 0.3 is 5.97 Å². The van der Waals surface area contributed by atoms with Gasteiger partial charge in [0.25, 0.3) is 0 Å². The van der Waals surface area contributed by atoms with Gasteiger partial charge in [0, 0.05) is 17.0 Å². The number of fused-ring (bicyclic) bond motifs is 1. The van der Waals surface area contributed by atoms with Crippen LogP contribution in [0.2, 0.25) is 0 Å². The first-order valence-electron chi connectivity index (χ1n) is 11.1. The average molecular weight is 476 g/mol. The molecule has 2 aromatic carbocycles. The molecule has 2 heterocycles. The van der Waals surface area contributed by atoms with Gasteiger partial charge in [0.2, 0.25) is 5.13 Å². The number of aryl methyl sites for hydroxylation is 3. The van der Waals surface area contributed by atoms with Crippen LogP contribution in [0.4, 0.5) is 5.13 Å². The zero-order valence-electron chi connectivity index (χ0n) is 20.6. The molecule has 0 atom stereocenters. The number of hydrogen-bond donors (Lipinski definition) is 1. The topological polar surface area (TPSA) is 76.7 Å². The lowest BCUT2D eigenvalue weighted by atomic mass is 9.86. The molecular formula is C27H29N3O3S. The molecule has 7 heteroatoms. The summed E-state index contributed by atoms with van der Waals surface area (Å²) in [4.78, 5) is 16.8. The fraction of sp³-hybridized carbons (Fsp3) is 0.296. The summed E-state index contributed by atoms with van der Waals surface area (Å²) < 4.78 is 11.2. The van der Waals surface area contributed by atoms with Crippen molar-refractivity contribution in [2.24, 2.45) is 5.10 Å². The molecule has 0 saturated heterocycles. The monoisotopic (exact) mass is 475 g/mol. The maximum Gasteiger partial charge on any atom is 0.350 e. The molecule has 0 aliphatic carbocycles. The van der Waals surface area contributed by atoms with E-state index >= 15 is 0 Å². The maximum atomic E-state index is 11.9. The second-order valence-corrected chi connectivity index (χ2v) is 10.4. The Labute approximate surface area is 203 Å².